The van der Waals surface area contributed by atoms with Gasteiger partial charge in [0.05, 0.1) is 25.5 Å². The number of carbonyl (C=O) groups is 3. The van der Waals surface area contributed by atoms with Crippen molar-refractivity contribution >= 4 is 29.5 Å². The number of carbonyl (C=O) groups excluding carboxylic acids is 3. The molecule has 1 aliphatic rings. The molecular weight excluding hydrogens is 557 g/mol. The highest BCUT2D eigenvalue weighted by Crippen LogP contribution is 2.34. The Morgan fingerprint density at radius 2 is 1.57 bits per heavy atom. The van der Waals surface area contributed by atoms with Crippen molar-refractivity contribution in [2.24, 2.45) is 0 Å². The summed E-state index contributed by atoms with van der Waals surface area (Å²) in [6.45, 7) is 2.98. The molecule has 0 bridgehead atoms. The molecule has 0 saturated carbocycles. The van der Waals surface area contributed by atoms with E-state index in [1.165, 1.54) is 10.9 Å². The second-order valence-electron chi connectivity index (χ2n) is 8.74. The van der Waals surface area contributed by atoms with E-state index in [1.54, 1.807) is 24.3 Å². The number of esters is 3. The van der Waals surface area contributed by atoms with Crippen molar-refractivity contribution in [2.75, 3.05) is 0 Å². The van der Waals surface area contributed by atoms with E-state index in [1.807, 2.05) is 0 Å². The fourth-order valence-corrected chi connectivity index (χ4v) is 4.19. The molecule has 0 radical (unpaired) electrons. The first-order valence-electron chi connectivity index (χ1n) is 11.7. The summed E-state index contributed by atoms with van der Waals surface area (Å²) in [5.41, 5.74) is -1.33. The molecule has 40 heavy (non-hydrogen) atoms. The number of nitrogens with zero attached hydrogens (tertiary/aromatic N) is 5. The summed E-state index contributed by atoms with van der Waals surface area (Å²) in [5.74, 6) is -3.89. The third-order valence-electron chi connectivity index (χ3n) is 5.62. The molecule has 4 unspecified atom stereocenters. The Kier molecular flexibility index (Phi) is 8.44. The van der Waals surface area contributed by atoms with Gasteiger partial charge in [0.2, 0.25) is 18.2 Å². The minimum absolute atomic E-state index is 0.157. The van der Waals surface area contributed by atoms with E-state index >= 15 is 0 Å². The average Bonchev–Trinajstić information content (AvgIpc) is 3.44. The smallest absolute Gasteiger partial charge is 0.333 e. The van der Waals surface area contributed by atoms with Gasteiger partial charge in [-0.2, -0.15) is 4.39 Å². The summed E-state index contributed by atoms with van der Waals surface area (Å²) in [7, 11) is 0. The first kappa shape index (κ1) is 28.6. The minimum Gasteiger partial charge on any atom is -0.453 e. The van der Waals surface area contributed by atoms with E-state index in [9.17, 15) is 28.4 Å². The van der Waals surface area contributed by atoms with Gasteiger partial charge in [-0.1, -0.05) is 28.9 Å². The number of halogens is 2. The van der Waals surface area contributed by atoms with Crippen LogP contribution in [0.3, 0.4) is 0 Å². The highest BCUT2D eigenvalue weighted by molar-refractivity contribution is 6.30. The van der Waals surface area contributed by atoms with E-state index in [0.717, 1.165) is 26.3 Å². The maximum atomic E-state index is 14.8. The van der Waals surface area contributed by atoms with Crippen molar-refractivity contribution in [3.8, 4) is 0 Å². The van der Waals surface area contributed by atoms with E-state index in [2.05, 4.69) is 10.3 Å². The van der Waals surface area contributed by atoms with Crippen LogP contribution in [0.15, 0.2) is 46.2 Å². The second kappa shape index (κ2) is 11.8. The van der Waals surface area contributed by atoms with Crippen molar-refractivity contribution in [2.45, 2.75) is 58.6 Å². The highest BCUT2D eigenvalue weighted by atomic mass is 35.5. The van der Waals surface area contributed by atoms with Crippen molar-refractivity contribution in [3.05, 3.63) is 79.6 Å². The summed E-state index contributed by atoms with van der Waals surface area (Å²) in [6, 6.07) is 6.98. The first-order valence-corrected chi connectivity index (χ1v) is 12.1. The van der Waals surface area contributed by atoms with E-state index in [4.69, 9.17) is 30.5 Å². The first-order chi connectivity index (χ1) is 18.9. The van der Waals surface area contributed by atoms with Gasteiger partial charge in [0.1, 0.15) is 5.69 Å². The van der Waals surface area contributed by atoms with Crippen LogP contribution in [0.2, 0.25) is 5.02 Å². The monoisotopic (exact) mass is 579 g/mol. The van der Waals surface area contributed by atoms with Gasteiger partial charge in [-0.15, -0.1) is 5.10 Å². The quantitative estimate of drug-likeness (QED) is 0.273. The molecule has 14 nitrogen and oxygen atoms in total. The molecule has 1 saturated heterocycles. The second-order valence-corrected chi connectivity index (χ2v) is 9.18. The van der Waals surface area contributed by atoms with Crippen molar-refractivity contribution in [1.82, 2.24) is 24.1 Å². The lowest BCUT2D eigenvalue weighted by molar-refractivity contribution is -0.198. The molecule has 1 aromatic carbocycles. The standard InChI is InChI=1S/C24H23ClFN5O9/c1-12(32)37-19-20(38-13(2)33)23(39-14(3)34)40-22(19)31-11-18(26)21(35)30(24(31)36)10-17-9-29(28-27-17)8-15-4-6-16(25)7-5-15/h4-7,9,11,19-20,22-23H,8,10H2,1-3H3. The lowest BCUT2D eigenvalue weighted by Gasteiger charge is -2.23. The Morgan fingerprint density at radius 1 is 0.950 bits per heavy atom. The molecule has 16 heteroatoms. The highest BCUT2D eigenvalue weighted by Gasteiger charge is 2.52. The molecule has 0 N–H and O–H groups in total. The van der Waals surface area contributed by atoms with Crippen LogP contribution in [0.5, 0.6) is 0 Å². The van der Waals surface area contributed by atoms with E-state index < -0.39 is 66.2 Å². The van der Waals surface area contributed by atoms with Crippen LogP contribution < -0.4 is 11.2 Å². The normalized spacial score (nSPS) is 20.2. The number of ether oxygens (including phenoxy) is 4. The molecule has 3 heterocycles. The average molecular weight is 580 g/mol. The molecule has 4 rings (SSSR count). The Morgan fingerprint density at radius 3 is 2.20 bits per heavy atom. The van der Waals surface area contributed by atoms with Gasteiger partial charge in [-0.05, 0) is 17.7 Å². The summed E-state index contributed by atoms with van der Waals surface area (Å²) >= 11 is 5.90. The lowest BCUT2D eigenvalue weighted by atomic mass is 10.2. The summed E-state index contributed by atoms with van der Waals surface area (Å²) in [6.07, 6.45) is -4.28. The van der Waals surface area contributed by atoms with Crippen LogP contribution >= 0.6 is 11.6 Å². The predicted molar refractivity (Wildman–Crippen MR) is 131 cm³/mol. The summed E-state index contributed by atoms with van der Waals surface area (Å²) in [5, 5.41) is 8.48. The molecule has 0 aliphatic carbocycles. The Bertz CT molecular complexity index is 1550. The fraction of sp³-hybridized carbons (Fsp3) is 0.375. The predicted octanol–water partition coefficient (Wildman–Crippen LogP) is 0.772. The topological polar surface area (TPSA) is 163 Å². The zero-order chi connectivity index (χ0) is 29.1. The molecule has 0 spiro atoms. The molecular formula is C24H23ClFN5O9. The van der Waals surface area contributed by atoms with Gasteiger partial charge >= 0.3 is 23.6 Å². The Labute approximate surface area is 229 Å². The van der Waals surface area contributed by atoms with Crippen LogP contribution in [-0.4, -0.2) is 60.5 Å². The number of rotatable bonds is 8. The third kappa shape index (κ3) is 6.43. The van der Waals surface area contributed by atoms with Gasteiger partial charge in [-0.3, -0.25) is 28.3 Å². The Balaban J connectivity index is 1.68. The van der Waals surface area contributed by atoms with Crippen molar-refractivity contribution in [1.29, 1.82) is 0 Å². The van der Waals surface area contributed by atoms with Gasteiger partial charge < -0.3 is 18.9 Å². The maximum Gasteiger partial charge on any atom is 0.333 e. The molecule has 3 aromatic rings. The van der Waals surface area contributed by atoms with Gasteiger partial charge in [0, 0.05) is 25.8 Å². The lowest BCUT2D eigenvalue weighted by Crippen LogP contribution is -2.46. The number of hydrogen-bond donors (Lipinski definition) is 0. The van der Waals surface area contributed by atoms with Crippen molar-refractivity contribution < 1.29 is 37.7 Å². The SMILES string of the molecule is CC(=O)OC1OC(n2cc(F)c(=O)n(Cc3cn(Cc4ccc(Cl)cc4)nn3)c2=O)C(OC(C)=O)C1OC(C)=O. The molecule has 1 fully saturated rings. The van der Waals surface area contributed by atoms with Crippen molar-refractivity contribution in [3.63, 3.8) is 0 Å². The zero-order valence-electron chi connectivity index (χ0n) is 21.4. The largest absolute Gasteiger partial charge is 0.453 e. The van der Waals surface area contributed by atoms with Gasteiger partial charge in [0.25, 0.3) is 5.56 Å². The summed E-state index contributed by atoms with van der Waals surface area (Å²) in [4.78, 5) is 61.2. The van der Waals surface area contributed by atoms with Crippen LogP contribution in [0.1, 0.15) is 38.3 Å². The van der Waals surface area contributed by atoms with Gasteiger partial charge in [-0.25, -0.2) is 9.48 Å². The van der Waals surface area contributed by atoms with Gasteiger partial charge in [0.15, 0.2) is 12.3 Å². The van der Waals surface area contributed by atoms with Crippen LogP contribution in [0, 0.1) is 5.82 Å². The molecule has 1 aliphatic heterocycles. The summed E-state index contributed by atoms with van der Waals surface area (Å²) < 4.78 is 38.4. The molecule has 4 atom stereocenters. The zero-order valence-corrected chi connectivity index (χ0v) is 22.1. The van der Waals surface area contributed by atoms with Crippen LogP contribution in [-0.2, 0) is 46.4 Å². The van der Waals surface area contributed by atoms with E-state index in [0.29, 0.717) is 26.9 Å². The number of hydrogen-bond acceptors (Lipinski definition) is 11. The maximum absolute atomic E-state index is 14.8. The van der Waals surface area contributed by atoms with Crippen LogP contribution in [0.25, 0.3) is 0 Å². The Hall–Kier alpha value is -4.37. The number of aromatic nitrogens is 5. The van der Waals surface area contributed by atoms with E-state index in [-0.39, 0.29) is 5.69 Å². The fourth-order valence-electron chi connectivity index (χ4n) is 4.06. The molecule has 2 aromatic heterocycles. The minimum atomic E-state index is -1.65. The number of benzene rings is 1. The van der Waals surface area contributed by atoms with Crippen LogP contribution in [0.4, 0.5) is 4.39 Å². The molecule has 0 amide bonds. The molecule has 212 valence electrons. The third-order valence-corrected chi connectivity index (χ3v) is 5.88.